The van der Waals surface area contributed by atoms with Gasteiger partial charge >= 0.3 is 0 Å². The molecule has 1 amide bonds. The zero-order valence-corrected chi connectivity index (χ0v) is 16.5. The quantitative estimate of drug-likeness (QED) is 0.597. The zero-order chi connectivity index (χ0) is 20.1. The van der Waals surface area contributed by atoms with Gasteiger partial charge in [-0.15, -0.1) is 0 Å². The van der Waals surface area contributed by atoms with E-state index in [1.54, 1.807) is 30.0 Å². The highest BCUT2D eigenvalue weighted by Gasteiger charge is 2.17. The van der Waals surface area contributed by atoms with Crippen molar-refractivity contribution in [1.29, 1.82) is 0 Å². The van der Waals surface area contributed by atoms with E-state index >= 15 is 0 Å². The number of hydrogen-bond donors (Lipinski definition) is 2. The second-order valence-corrected chi connectivity index (χ2v) is 8.14. The van der Waals surface area contributed by atoms with E-state index in [0.717, 1.165) is 11.3 Å². The van der Waals surface area contributed by atoms with Crippen LogP contribution in [0.15, 0.2) is 66.0 Å². The molecule has 1 heterocycles. The van der Waals surface area contributed by atoms with E-state index in [4.69, 9.17) is 0 Å². The molecule has 0 spiro atoms. The van der Waals surface area contributed by atoms with Gasteiger partial charge in [0, 0.05) is 18.8 Å². The highest BCUT2D eigenvalue weighted by molar-refractivity contribution is 7.89. The standard InChI is InChI=1S/C20H22N4O3S/c1-15-8-9-16(2)19(12-15)28(26,27)23-11-10-22-20(25)18-13-21-14-24(18)17-6-4-3-5-7-17/h3-9,12-14,23H,10-11H2,1-2H3,(H,22,25). The first-order chi connectivity index (χ1) is 13.4. The number of rotatable bonds is 7. The first kappa shape index (κ1) is 19.8. The molecular weight excluding hydrogens is 376 g/mol. The molecule has 28 heavy (non-hydrogen) atoms. The first-order valence-electron chi connectivity index (χ1n) is 8.81. The fourth-order valence-electron chi connectivity index (χ4n) is 2.78. The number of hydrogen-bond acceptors (Lipinski definition) is 4. The van der Waals surface area contributed by atoms with Crippen LogP contribution in [0.4, 0.5) is 0 Å². The van der Waals surface area contributed by atoms with Gasteiger partial charge in [0.25, 0.3) is 5.91 Å². The maximum Gasteiger partial charge on any atom is 0.269 e. The van der Waals surface area contributed by atoms with Crippen molar-refractivity contribution in [3.63, 3.8) is 0 Å². The molecule has 146 valence electrons. The van der Waals surface area contributed by atoms with Crippen molar-refractivity contribution in [1.82, 2.24) is 19.6 Å². The average molecular weight is 398 g/mol. The van der Waals surface area contributed by atoms with Crippen LogP contribution in [0.3, 0.4) is 0 Å². The Balaban J connectivity index is 1.60. The lowest BCUT2D eigenvalue weighted by molar-refractivity contribution is 0.0947. The molecule has 0 radical (unpaired) electrons. The van der Waals surface area contributed by atoms with Gasteiger partial charge in [-0.3, -0.25) is 9.36 Å². The molecule has 0 bridgehead atoms. The van der Waals surface area contributed by atoms with E-state index in [-0.39, 0.29) is 23.9 Å². The molecule has 2 aromatic carbocycles. The van der Waals surface area contributed by atoms with Crippen molar-refractivity contribution < 1.29 is 13.2 Å². The number of aromatic nitrogens is 2. The smallest absolute Gasteiger partial charge is 0.269 e. The molecule has 0 aliphatic rings. The van der Waals surface area contributed by atoms with Crippen molar-refractivity contribution in [2.45, 2.75) is 18.7 Å². The summed E-state index contributed by atoms with van der Waals surface area (Å²) in [6.07, 6.45) is 3.04. The van der Waals surface area contributed by atoms with Crippen LogP contribution in [0, 0.1) is 13.8 Å². The van der Waals surface area contributed by atoms with Gasteiger partial charge in [0.05, 0.1) is 17.4 Å². The zero-order valence-electron chi connectivity index (χ0n) is 15.7. The molecule has 0 aliphatic carbocycles. The maximum absolute atomic E-state index is 12.5. The third kappa shape index (κ3) is 4.47. The summed E-state index contributed by atoms with van der Waals surface area (Å²) in [6.45, 7) is 3.83. The number of nitrogens with one attached hydrogen (secondary N) is 2. The summed E-state index contributed by atoms with van der Waals surface area (Å²) in [4.78, 5) is 16.7. The number of sulfonamides is 1. The Bertz CT molecular complexity index is 1080. The van der Waals surface area contributed by atoms with Gasteiger partial charge in [0.15, 0.2) is 0 Å². The molecule has 7 nitrogen and oxygen atoms in total. The summed E-state index contributed by atoms with van der Waals surface area (Å²) >= 11 is 0. The minimum Gasteiger partial charge on any atom is -0.349 e. The lowest BCUT2D eigenvalue weighted by Crippen LogP contribution is -2.35. The number of aryl methyl sites for hydroxylation is 2. The van der Waals surface area contributed by atoms with Gasteiger partial charge in [0.1, 0.15) is 5.69 Å². The van der Waals surface area contributed by atoms with Crippen LogP contribution < -0.4 is 10.0 Å². The van der Waals surface area contributed by atoms with Crippen molar-refractivity contribution in [3.8, 4) is 5.69 Å². The normalized spacial score (nSPS) is 11.4. The Kier molecular flexibility index (Phi) is 5.91. The number of carbonyl (C=O) groups excluding carboxylic acids is 1. The van der Waals surface area contributed by atoms with Gasteiger partial charge < -0.3 is 5.32 Å². The largest absolute Gasteiger partial charge is 0.349 e. The van der Waals surface area contributed by atoms with E-state index in [0.29, 0.717) is 11.3 Å². The second kappa shape index (κ2) is 8.37. The van der Waals surface area contributed by atoms with E-state index in [1.807, 2.05) is 43.3 Å². The minimum atomic E-state index is -3.64. The van der Waals surface area contributed by atoms with Crippen molar-refractivity contribution in [2.24, 2.45) is 0 Å². The lowest BCUT2D eigenvalue weighted by Gasteiger charge is -2.11. The number of amides is 1. The fraction of sp³-hybridized carbons (Fsp3) is 0.200. The van der Waals surface area contributed by atoms with E-state index in [2.05, 4.69) is 15.0 Å². The first-order valence-corrected chi connectivity index (χ1v) is 10.3. The van der Waals surface area contributed by atoms with Crippen LogP contribution in [-0.2, 0) is 10.0 Å². The van der Waals surface area contributed by atoms with Crippen molar-refractivity contribution in [3.05, 3.63) is 77.9 Å². The van der Waals surface area contributed by atoms with Crippen LogP contribution in [0.5, 0.6) is 0 Å². The molecule has 0 aliphatic heterocycles. The maximum atomic E-state index is 12.5. The highest BCUT2D eigenvalue weighted by Crippen LogP contribution is 2.16. The Labute approximate surface area is 164 Å². The molecule has 8 heteroatoms. The molecule has 0 fully saturated rings. The van der Waals surface area contributed by atoms with E-state index in [9.17, 15) is 13.2 Å². The van der Waals surface area contributed by atoms with Crippen molar-refractivity contribution in [2.75, 3.05) is 13.1 Å². The average Bonchev–Trinajstić information content (AvgIpc) is 3.17. The van der Waals surface area contributed by atoms with Crippen LogP contribution in [0.1, 0.15) is 21.6 Å². The summed E-state index contributed by atoms with van der Waals surface area (Å²) < 4.78 is 29.2. The van der Waals surface area contributed by atoms with Crippen LogP contribution in [0.25, 0.3) is 5.69 Å². The summed E-state index contributed by atoms with van der Waals surface area (Å²) in [7, 11) is -3.64. The van der Waals surface area contributed by atoms with Gasteiger partial charge in [-0.25, -0.2) is 18.1 Å². The van der Waals surface area contributed by atoms with Gasteiger partial charge in [-0.1, -0.05) is 30.3 Å². The summed E-state index contributed by atoms with van der Waals surface area (Å²) in [5.41, 5.74) is 2.74. The molecule has 1 aromatic heterocycles. The SMILES string of the molecule is Cc1ccc(C)c(S(=O)(=O)NCCNC(=O)c2cncn2-c2ccccc2)c1. The molecule has 3 aromatic rings. The number of imidazole rings is 1. The molecule has 0 unspecified atom stereocenters. The Hall–Kier alpha value is -2.97. The molecule has 0 saturated heterocycles. The third-order valence-corrected chi connectivity index (χ3v) is 5.84. The Morgan fingerprint density at radius 2 is 1.82 bits per heavy atom. The third-order valence-electron chi connectivity index (χ3n) is 4.24. The van der Waals surface area contributed by atoms with Gasteiger partial charge in [-0.05, 0) is 43.2 Å². The van der Waals surface area contributed by atoms with Gasteiger partial charge in [0.2, 0.25) is 10.0 Å². The Morgan fingerprint density at radius 3 is 2.57 bits per heavy atom. The predicted molar refractivity (Wildman–Crippen MR) is 107 cm³/mol. The topological polar surface area (TPSA) is 93.1 Å². The number of carbonyl (C=O) groups is 1. The predicted octanol–water partition coefficient (Wildman–Crippen LogP) is 2.20. The minimum absolute atomic E-state index is 0.0843. The molecule has 3 rings (SSSR count). The molecule has 0 saturated carbocycles. The summed E-state index contributed by atoms with van der Waals surface area (Å²) in [5.74, 6) is -0.327. The van der Waals surface area contributed by atoms with E-state index < -0.39 is 10.0 Å². The monoisotopic (exact) mass is 398 g/mol. The fourth-order valence-corrected chi connectivity index (χ4v) is 4.14. The molecule has 0 atom stereocenters. The van der Waals surface area contributed by atoms with E-state index in [1.165, 1.54) is 6.20 Å². The Morgan fingerprint density at radius 1 is 1.07 bits per heavy atom. The number of nitrogens with zero attached hydrogens (tertiary/aromatic N) is 2. The van der Waals surface area contributed by atoms with Crippen LogP contribution in [0.2, 0.25) is 0 Å². The van der Waals surface area contributed by atoms with Gasteiger partial charge in [-0.2, -0.15) is 0 Å². The van der Waals surface area contributed by atoms with Crippen molar-refractivity contribution >= 4 is 15.9 Å². The lowest BCUT2D eigenvalue weighted by atomic mass is 10.2. The molecule has 2 N–H and O–H groups in total. The summed E-state index contributed by atoms with van der Waals surface area (Å²) in [5, 5.41) is 2.72. The number of para-hydroxylation sites is 1. The second-order valence-electron chi connectivity index (χ2n) is 6.41. The molecular formula is C20H22N4O3S. The van der Waals surface area contributed by atoms with Crippen LogP contribution >= 0.6 is 0 Å². The summed E-state index contributed by atoms with van der Waals surface area (Å²) in [6, 6.07) is 14.7. The number of benzene rings is 2. The highest BCUT2D eigenvalue weighted by atomic mass is 32.2. The van der Waals surface area contributed by atoms with Crippen LogP contribution in [-0.4, -0.2) is 37.0 Å².